The molecule has 0 atom stereocenters. The standard InChI is InChI=1S/C14H14BrNO3/c15-10-3-1-2-9-6-11(19-12(9)10)13(18)16-7-14(8-17)4-5-14/h1-3,6,17H,4-5,7-8H2,(H,16,18). The van der Waals surface area contributed by atoms with Crippen molar-refractivity contribution in [3.05, 3.63) is 34.5 Å². The highest BCUT2D eigenvalue weighted by Gasteiger charge is 2.42. The highest BCUT2D eigenvalue weighted by molar-refractivity contribution is 9.10. The van der Waals surface area contributed by atoms with Gasteiger partial charge in [-0.25, -0.2) is 0 Å². The van der Waals surface area contributed by atoms with Gasteiger partial charge in [0.1, 0.15) is 5.58 Å². The molecule has 1 aromatic heterocycles. The van der Waals surface area contributed by atoms with Gasteiger partial charge in [0.2, 0.25) is 0 Å². The van der Waals surface area contributed by atoms with E-state index < -0.39 is 0 Å². The minimum absolute atomic E-state index is 0.0950. The third kappa shape index (κ3) is 2.40. The van der Waals surface area contributed by atoms with Gasteiger partial charge in [-0.05, 0) is 40.9 Å². The molecule has 0 radical (unpaired) electrons. The zero-order chi connectivity index (χ0) is 13.5. The fourth-order valence-electron chi connectivity index (χ4n) is 2.06. The Hall–Kier alpha value is -1.33. The molecule has 0 unspecified atom stereocenters. The van der Waals surface area contributed by atoms with Crippen molar-refractivity contribution in [2.75, 3.05) is 13.2 Å². The molecule has 0 bridgehead atoms. The Kier molecular flexibility index (Phi) is 3.11. The molecule has 3 rings (SSSR count). The van der Waals surface area contributed by atoms with Crippen molar-refractivity contribution in [1.29, 1.82) is 0 Å². The SMILES string of the molecule is O=C(NCC1(CO)CC1)c1cc2cccc(Br)c2o1. The Morgan fingerprint density at radius 2 is 2.26 bits per heavy atom. The summed E-state index contributed by atoms with van der Waals surface area (Å²) in [6, 6.07) is 7.40. The average Bonchev–Trinajstić information content (AvgIpc) is 3.06. The summed E-state index contributed by atoms with van der Waals surface area (Å²) >= 11 is 3.39. The number of carbonyl (C=O) groups excluding carboxylic acids is 1. The third-order valence-corrected chi connectivity index (χ3v) is 4.26. The van der Waals surface area contributed by atoms with Crippen LogP contribution in [0.5, 0.6) is 0 Å². The third-order valence-electron chi connectivity index (χ3n) is 3.64. The van der Waals surface area contributed by atoms with E-state index in [0.29, 0.717) is 17.9 Å². The summed E-state index contributed by atoms with van der Waals surface area (Å²) in [6.45, 7) is 0.625. The van der Waals surface area contributed by atoms with E-state index in [9.17, 15) is 9.90 Å². The quantitative estimate of drug-likeness (QED) is 0.909. The molecule has 1 fully saturated rings. The lowest BCUT2D eigenvalue weighted by Gasteiger charge is -2.11. The van der Waals surface area contributed by atoms with Crippen molar-refractivity contribution in [2.45, 2.75) is 12.8 Å². The van der Waals surface area contributed by atoms with Gasteiger partial charge in [0, 0.05) is 17.3 Å². The molecule has 1 aliphatic rings. The second-order valence-corrected chi connectivity index (χ2v) is 5.96. The highest BCUT2D eigenvalue weighted by atomic mass is 79.9. The largest absolute Gasteiger partial charge is 0.450 e. The first-order chi connectivity index (χ1) is 9.13. The van der Waals surface area contributed by atoms with E-state index in [4.69, 9.17) is 4.42 Å². The topological polar surface area (TPSA) is 62.5 Å². The summed E-state index contributed by atoms with van der Waals surface area (Å²) in [4.78, 5) is 12.0. The summed E-state index contributed by atoms with van der Waals surface area (Å²) in [5.41, 5.74) is 0.582. The normalized spacial score (nSPS) is 16.5. The molecule has 100 valence electrons. The van der Waals surface area contributed by atoms with Crippen molar-refractivity contribution in [1.82, 2.24) is 5.32 Å². The van der Waals surface area contributed by atoms with Crippen LogP contribution in [-0.2, 0) is 0 Å². The summed E-state index contributed by atoms with van der Waals surface area (Å²) in [6.07, 6.45) is 1.94. The van der Waals surface area contributed by atoms with Crippen LogP contribution in [0.3, 0.4) is 0 Å². The van der Waals surface area contributed by atoms with Crippen molar-refractivity contribution >= 4 is 32.8 Å². The van der Waals surface area contributed by atoms with Gasteiger partial charge in [-0.1, -0.05) is 12.1 Å². The van der Waals surface area contributed by atoms with E-state index in [1.165, 1.54) is 0 Å². The van der Waals surface area contributed by atoms with Gasteiger partial charge in [0.05, 0.1) is 11.1 Å². The number of aliphatic hydroxyl groups is 1. The number of furan rings is 1. The van der Waals surface area contributed by atoms with Crippen LogP contribution in [0.1, 0.15) is 23.4 Å². The van der Waals surface area contributed by atoms with Gasteiger partial charge in [0.15, 0.2) is 5.76 Å². The molecule has 4 nitrogen and oxygen atoms in total. The lowest BCUT2D eigenvalue weighted by atomic mass is 10.1. The summed E-state index contributed by atoms with van der Waals surface area (Å²) in [7, 11) is 0. The maximum absolute atomic E-state index is 12.0. The van der Waals surface area contributed by atoms with Crippen molar-refractivity contribution in [3.63, 3.8) is 0 Å². The number of benzene rings is 1. The molecule has 0 saturated heterocycles. The zero-order valence-electron chi connectivity index (χ0n) is 10.3. The monoisotopic (exact) mass is 323 g/mol. The Labute approximate surface area is 118 Å². The fourth-order valence-corrected chi connectivity index (χ4v) is 2.52. The number of nitrogens with one attached hydrogen (secondary N) is 1. The molecule has 1 heterocycles. The average molecular weight is 324 g/mol. The summed E-state index contributed by atoms with van der Waals surface area (Å²) in [5, 5.41) is 12.9. The number of amides is 1. The molecule has 19 heavy (non-hydrogen) atoms. The smallest absolute Gasteiger partial charge is 0.287 e. The Morgan fingerprint density at radius 1 is 1.47 bits per heavy atom. The van der Waals surface area contributed by atoms with Crippen LogP contribution >= 0.6 is 15.9 Å². The Bertz CT molecular complexity index is 631. The number of halogens is 1. The summed E-state index contributed by atoms with van der Waals surface area (Å²) < 4.78 is 6.39. The van der Waals surface area contributed by atoms with Crippen LogP contribution in [0.2, 0.25) is 0 Å². The van der Waals surface area contributed by atoms with Crippen LogP contribution in [0, 0.1) is 5.41 Å². The van der Waals surface area contributed by atoms with E-state index in [1.807, 2.05) is 18.2 Å². The molecular formula is C14H14BrNO3. The van der Waals surface area contributed by atoms with Crippen LogP contribution in [0.4, 0.5) is 0 Å². The number of fused-ring (bicyclic) bond motifs is 1. The van der Waals surface area contributed by atoms with E-state index in [1.54, 1.807) is 6.07 Å². The molecule has 1 aliphatic carbocycles. The van der Waals surface area contributed by atoms with E-state index in [-0.39, 0.29) is 17.9 Å². The van der Waals surface area contributed by atoms with Crippen molar-refractivity contribution in [2.24, 2.45) is 5.41 Å². The summed E-state index contributed by atoms with van der Waals surface area (Å²) in [5.74, 6) is 0.0680. The first kappa shape index (κ1) is 12.7. The molecule has 5 heteroatoms. The van der Waals surface area contributed by atoms with E-state index in [0.717, 1.165) is 22.7 Å². The number of aliphatic hydroxyl groups excluding tert-OH is 1. The van der Waals surface area contributed by atoms with Gasteiger partial charge in [-0.15, -0.1) is 0 Å². The number of rotatable bonds is 4. The van der Waals surface area contributed by atoms with Crippen molar-refractivity contribution in [3.8, 4) is 0 Å². The maximum Gasteiger partial charge on any atom is 0.287 e. The lowest BCUT2D eigenvalue weighted by Crippen LogP contribution is -2.31. The molecule has 0 spiro atoms. The van der Waals surface area contributed by atoms with Gasteiger partial charge in [0.25, 0.3) is 5.91 Å². The molecule has 1 amide bonds. The number of carbonyl (C=O) groups is 1. The van der Waals surface area contributed by atoms with Crippen LogP contribution in [0.25, 0.3) is 11.0 Å². The predicted molar refractivity (Wildman–Crippen MR) is 75.0 cm³/mol. The molecular weight excluding hydrogens is 310 g/mol. The van der Waals surface area contributed by atoms with Crippen LogP contribution < -0.4 is 5.32 Å². The van der Waals surface area contributed by atoms with E-state index in [2.05, 4.69) is 21.2 Å². The molecule has 1 aromatic carbocycles. The molecule has 0 aliphatic heterocycles. The first-order valence-electron chi connectivity index (χ1n) is 6.21. The number of hydrogen-bond donors (Lipinski definition) is 2. The molecule has 1 saturated carbocycles. The first-order valence-corrected chi connectivity index (χ1v) is 7.00. The molecule has 2 aromatic rings. The fraction of sp³-hybridized carbons (Fsp3) is 0.357. The highest BCUT2D eigenvalue weighted by Crippen LogP contribution is 2.44. The molecule has 2 N–H and O–H groups in total. The number of para-hydroxylation sites is 1. The van der Waals surface area contributed by atoms with Crippen LogP contribution in [-0.4, -0.2) is 24.2 Å². The van der Waals surface area contributed by atoms with Gasteiger partial charge >= 0.3 is 0 Å². The number of hydrogen-bond acceptors (Lipinski definition) is 3. The van der Waals surface area contributed by atoms with Gasteiger partial charge in [-0.3, -0.25) is 4.79 Å². The van der Waals surface area contributed by atoms with E-state index >= 15 is 0 Å². The predicted octanol–water partition coefficient (Wildman–Crippen LogP) is 2.70. The lowest BCUT2D eigenvalue weighted by molar-refractivity contribution is 0.0909. The minimum atomic E-state index is -0.233. The van der Waals surface area contributed by atoms with Gasteiger partial charge < -0.3 is 14.8 Å². The maximum atomic E-state index is 12.0. The Balaban J connectivity index is 1.76. The zero-order valence-corrected chi connectivity index (χ0v) is 11.9. The second kappa shape index (κ2) is 4.65. The van der Waals surface area contributed by atoms with Gasteiger partial charge in [-0.2, -0.15) is 0 Å². The minimum Gasteiger partial charge on any atom is -0.450 e. The second-order valence-electron chi connectivity index (χ2n) is 5.11. The Morgan fingerprint density at radius 3 is 2.89 bits per heavy atom. The van der Waals surface area contributed by atoms with Crippen LogP contribution in [0.15, 0.2) is 33.2 Å². The van der Waals surface area contributed by atoms with Crippen molar-refractivity contribution < 1.29 is 14.3 Å².